The van der Waals surface area contributed by atoms with Gasteiger partial charge in [0.2, 0.25) is 0 Å². The fourth-order valence-corrected chi connectivity index (χ4v) is 51.3. The Balaban J connectivity index is 0.000000364. The van der Waals surface area contributed by atoms with Gasteiger partial charge >= 0.3 is 22.0 Å². The Bertz CT molecular complexity index is 3510. The molecule has 0 aromatic heterocycles. The van der Waals surface area contributed by atoms with E-state index >= 15 is 0 Å². The number of hydrogen-bond acceptors (Lipinski definition) is 12. The quantitative estimate of drug-likeness (QED) is 0.0338. The molecule has 12 nitrogen and oxygen atoms in total. The largest absolute Gasteiger partial charge is 0.741 e. The summed E-state index contributed by atoms with van der Waals surface area (Å²) in [6, 6.07) is 90.5. The molecule has 0 atom stereocenters. The first-order valence-corrected chi connectivity index (χ1v) is 54.1. The lowest BCUT2D eigenvalue weighted by Crippen LogP contribution is -2.21. The second kappa shape index (κ2) is 38.3. The van der Waals surface area contributed by atoms with Crippen molar-refractivity contribution >= 4 is 141 Å². The van der Waals surface area contributed by atoms with E-state index in [1.807, 2.05) is 0 Å². The minimum Gasteiger partial charge on any atom is -0.741 e. The van der Waals surface area contributed by atoms with Crippen LogP contribution in [0.2, 0.25) is 0 Å². The third-order valence-electron chi connectivity index (χ3n) is 13.7. The van der Waals surface area contributed by atoms with Crippen LogP contribution in [0.5, 0.6) is 0 Å². The maximum Gasteiger partial charge on any atom is 0.485 e. The van der Waals surface area contributed by atoms with Gasteiger partial charge in [-0.2, -0.15) is 52.7 Å². The van der Waals surface area contributed by atoms with Crippen LogP contribution in [0, 0.1) is 0 Å². The Morgan fingerprint density at radius 1 is 0.230 bits per heavy atom. The van der Waals surface area contributed by atoms with Crippen LogP contribution < -0.4 is 42.4 Å². The molecule has 0 aliphatic heterocycles. The van der Waals surface area contributed by atoms with Gasteiger partial charge in [0.1, 0.15) is 30.4 Å². The molecule has 36 heteroatoms. The van der Waals surface area contributed by atoms with Crippen molar-refractivity contribution in [3.8, 4) is 0 Å². The molecule has 0 N–H and O–H groups in total. The Kier molecular flexibility index (Phi) is 34.6. The highest BCUT2D eigenvalue weighted by molar-refractivity contribution is 8.46. The van der Waals surface area contributed by atoms with Gasteiger partial charge in [0.25, 0.3) is 0 Å². The first-order valence-electron chi connectivity index (χ1n) is 28.8. The summed E-state index contributed by atoms with van der Waals surface area (Å²) in [7, 11) is -25.7. The van der Waals surface area contributed by atoms with Crippen LogP contribution >= 0.6 is 58.2 Å². The van der Waals surface area contributed by atoms with Crippen LogP contribution in [0.3, 0.4) is 0 Å². The Labute approximate surface area is 584 Å². The molecule has 100 heavy (non-hydrogen) atoms. The molecule has 0 radical (unpaired) electrons. The Hall–Kier alpha value is -4.00. The summed E-state index contributed by atoms with van der Waals surface area (Å²) in [4.78, 5) is 0. The number of alkyl halides is 12. The molecule has 8 aromatic rings. The van der Waals surface area contributed by atoms with E-state index < -0.39 is 90.3 Å². The first kappa shape index (κ1) is 90.2. The fraction of sp³-hybridized carbons (Fsp3) is 0.250. The topological polar surface area (TPSA) is 229 Å². The van der Waals surface area contributed by atoms with Gasteiger partial charge in [-0.25, -0.2) is 33.7 Å². The molecule has 8 rings (SSSR count). The molecule has 0 saturated heterocycles. The van der Waals surface area contributed by atoms with Crippen molar-refractivity contribution in [3.63, 3.8) is 0 Å². The van der Waals surface area contributed by atoms with Gasteiger partial charge in [0, 0.05) is 70.2 Å². The number of rotatable bonds is 18. The Morgan fingerprint density at radius 3 is 0.380 bits per heavy atom. The summed E-state index contributed by atoms with van der Waals surface area (Å²) in [5.74, 6) is 0. The second-order valence-corrected chi connectivity index (χ2v) is 67.6. The standard InChI is InChI=1S/2C30H36P4.4CHF3O3S/c2*1-33(2,31(27-17-9-5-10-18-27)28-19-11-6-12-20-28)25-26-34(3,4)32(29-21-13-7-14-22-29)30-23-15-8-16-24-30;4*2-1(3,4)8(5,6)7/h2*5-24H,25-26H2,1-4H3;4*(H,5,6,7)/q2*+2;;;;/p-4. The predicted octanol–water partition coefficient (Wildman–Crippen LogP) is 15.5. The zero-order chi connectivity index (χ0) is 76.0. The minimum absolute atomic E-state index is 0.339. The average Bonchev–Trinajstić information content (AvgIpc) is 0.791. The minimum atomic E-state index is -6.09. The van der Waals surface area contributed by atoms with Crippen molar-refractivity contribution in [2.24, 2.45) is 0 Å². The van der Waals surface area contributed by atoms with Crippen LogP contribution in [0.1, 0.15) is 0 Å². The van der Waals surface area contributed by atoms with Gasteiger partial charge in [-0.15, -0.1) is 0 Å². The molecule has 0 heterocycles. The smallest absolute Gasteiger partial charge is 0.485 e. The molecule has 0 fully saturated rings. The van der Waals surface area contributed by atoms with E-state index in [2.05, 4.69) is 296 Å². The van der Waals surface area contributed by atoms with Crippen LogP contribution in [0.25, 0.3) is 0 Å². The maximum absolute atomic E-state index is 10.7. The molecule has 0 amide bonds. The molecule has 0 unspecified atom stereocenters. The van der Waals surface area contributed by atoms with E-state index in [0.29, 0.717) is 0 Å². The Morgan fingerprint density at radius 2 is 0.310 bits per heavy atom. The normalized spacial score (nSPS) is 12.8. The van der Waals surface area contributed by atoms with Gasteiger partial charge in [0.15, 0.2) is 40.5 Å². The van der Waals surface area contributed by atoms with Crippen LogP contribution in [0.15, 0.2) is 243 Å². The average molecular weight is 1640 g/mol. The molecule has 0 aliphatic carbocycles. The first-order chi connectivity index (χ1) is 45.8. The zero-order valence-corrected chi connectivity index (χ0v) is 65.0. The lowest BCUT2D eigenvalue weighted by atomic mass is 10.4. The summed E-state index contributed by atoms with van der Waals surface area (Å²) >= 11 is 0. The van der Waals surface area contributed by atoms with E-state index in [1.54, 1.807) is 0 Å². The maximum atomic E-state index is 10.7. The number of halogens is 12. The zero-order valence-electron chi connectivity index (χ0n) is 54.6. The van der Waals surface area contributed by atoms with Crippen LogP contribution in [0.4, 0.5) is 52.7 Å². The van der Waals surface area contributed by atoms with Gasteiger partial charge in [-0.05, 0) is 0 Å². The highest BCUT2D eigenvalue weighted by Gasteiger charge is 2.49. The van der Waals surface area contributed by atoms with Gasteiger partial charge in [0.05, 0.1) is 78.0 Å². The molecular weight excluding hydrogens is 1560 g/mol. The summed E-state index contributed by atoms with van der Waals surface area (Å²) in [5.41, 5.74) is -22.6. The van der Waals surface area contributed by atoms with Crippen molar-refractivity contribution < 1.29 is 105 Å². The lowest BCUT2D eigenvalue weighted by Gasteiger charge is -2.32. The van der Waals surface area contributed by atoms with E-state index in [9.17, 15) is 52.7 Å². The highest BCUT2D eigenvalue weighted by Crippen LogP contribution is 2.85. The second-order valence-electron chi connectivity index (χ2n) is 22.9. The third kappa shape index (κ3) is 29.5. The van der Waals surface area contributed by atoms with Crippen LogP contribution in [-0.4, -0.2) is 152 Å². The SMILES string of the molecule is C[P+](C)(CC[P+](C)(C)P(c1ccccc1)c1ccccc1)P(c1ccccc1)c1ccccc1.C[P+](C)(CC[P+](C)(C)P(c1ccccc1)c1ccccc1)P(c1ccccc1)c1ccccc1.O=S(=O)([O-])C(F)(F)F.O=S(=O)([O-])C(F)(F)F.O=S(=O)([O-])C(F)(F)F.O=S(=O)([O-])C(F)(F)F. The molecule has 0 aliphatic rings. The monoisotopic (exact) mass is 1640 g/mol. The predicted molar refractivity (Wildman–Crippen MR) is 394 cm³/mol. The number of benzene rings is 8. The molecule has 0 spiro atoms. The van der Waals surface area contributed by atoms with E-state index in [4.69, 9.17) is 51.9 Å². The van der Waals surface area contributed by atoms with Crippen molar-refractivity contribution in [2.75, 3.05) is 78.0 Å². The third-order valence-corrected chi connectivity index (χ3v) is 53.5. The number of hydrogen-bond donors (Lipinski definition) is 0. The van der Waals surface area contributed by atoms with Crippen molar-refractivity contribution in [3.05, 3.63) is 243 Å². The van der Waals surface area contributed by atoms with E-state index in [-0.39, 0.29) is 30.4 Å². The molecular formula is C64H72F12O12P8S4. The summed E-state index contributed by atoms with van der Waals surface area (Å²) in [6.45, 7) is 16.1. The summed E-state index contributed by atoms with van der Waals surface area (Å²) in [6.07, 6.45) is 5.40. The fourth-order valence-electron chi connectivity index (χ4n) is 9.03. The summed E-state index contributed by atoms with van der Waals surface area (Å²) < 4.78 is 236. The van der Waals surface area contributed by atoms with Gasteiger partial charge in [-0.1, -0.05) is 243 Å². The molecule has 8 aromatic carbocycles. The highest BCUT2D eigenvalue weighted by atomic mass is 32.2. The van der Waals surface area contributed by atoms with E-state index in [0.717, 1.165) is 0 Å². The van der Waals surface area contributed by atoms with Crippen LogP contribution in [-0.2, 0) is 40.5 Å². The molecule has 548 valence electrons. The van der Waals surface area contributed by atoms with Crippen molar-refractivity contribution in [1.29, 1.82) is 0 Å². The van der Waals surface area contributed by atoms with Crippen molar-refractivity contribution in [1.82, 2.24) is 0 Å². The van der Waals surface area contributed by atoms with Gasteiger partial charge in [-0.3, -0.25) is 0 Å². The lowest BCUT2D eigenvalue weighted by molar-refractivity contribution is -0.0522. The van der Waals surface area contributed by atoms with Crippen molar-refractivity contribution in [2.45, 2.75) is 22.0 Å². The van der Waals surface area contributed by atoms with Gasteiger partial charge < -0.3 is 18.2 Å². The molecule has 0 bridgehead atoms. The molecule has 0 saturated carbocycles. The summed E-state index contributed by atoms with van der Waals surface area (Å²) in [5, 5.41) is 12.3. The van der Waals surface area contributed by atoms with E-state index in [1.165, 1.54) is 67.1 Å².